The monoisotopic (exact) mass is 474 g/mol. The van der Waals surface area contributed by atoms with Gasteiger partial charge in [0.2, 0.25) is 0 Å². The first-order valence-corrected chi connectivity index (χ1v) is 11.9. The highest BCUT2D eigenvalue weighted by Crippen LogP contribution is 2.34. The summed E-state index contributed by atoms with van der Waals surface area (Å²) in [6.07, 6.45) is 0.538. The predicted molar refractivity (Wildman–Crippen MR) is 123 cm³/mol. The molecule has 1 heterocycles. The first kappa shape index (κ1) is 21.7. The van der Waals surface area contributed by atoms with E-state index >= 15 is 0 Å². The van der Waals surface area contributed by atoms with Crippen molar-refractivity contribution in [1.82, 2.24) is 5.32 Å². The minimum absolute atomic E-state index is 0.184. The van der Waals surface area contributed by atoms with Crippen molar-refractivity contribution in [1.29, 1.82) is 0 Å². The molecule has 8 heteroatoms. The first-order valence-electron chi connectivity index (χ1n) is 9.73. The van der Waals surface area contributed by atoms with Crippen molar-refractivity contribution in [2.75, 3.05) is 10.8 Å². The molecule has 0 bridgehead atoms. The molecule has 0 saturated carbocycles. The number of amides is 1. The van der Waals surface area contributed by atoms with E-state index in [9.17, 15) is 13.2 Å². The van der Waals surface area contributed by atoms with Gasteiger partial charge in [0, 0.05) is 22.2 Å². The fourth-order valence-corrected chi connectivity index (χ4v) is 5.37. The van der Waals surface area contributed by atoms with Gasteiger partial charge in [0.1, 0.15) is 0 Å². The van der Waals surface area contributed by atoms with Crippen LogP contribution in [0.15, 0.2) is 71.6 Å². The molecular weight excluding hydrogens is 455 g/mol. The highest BCUT2D eigenvalue weighted by Gasteiger charge is 2.31. The van der Waals surface area contributed by atoms with Crippen LogP contribution in [-0.4, -0.2) is 20.9 Å². The molecule has 31 heavy (non-hydrogen) atoms. The highest BCUT2D eigenvalue weighted by atomic mass is 35.5. The second-order valence-corrected chi connectivity index (χ2v) is 10.1. The van der Waals surface area contributed by atoms with Crippen LogP contribution in [0.25, 0.3) is 0 Å². The SMILES string of the molecule is C[C@@H](NC(=O)c1ccc2c(c1)CCN2S(=O)(=O)c1ccc(Cl)cc1)c1ccc(Cl)cc1. The quantitative estimate of drug-likeness (QED) is 0.549. The summed E-state index contributed by atoms with van der Waals surface area (Å²) in [5.41, 5.74) is 2.85. The summed E-state index contributed by atoms with van der Waals surface area (Å²) in [5, 5.41) is 4.08. The second kappa shape index (κ2) is 8.54. The smallest absolute Gasteiger partial charge is 0.264 e. The lowest BCUT2D eigenvalue weighted by molar-refractivity contribution is 0.0940. The maximum atomic E-state index is 13.0. The molecular formula is C23H20Cl2N2O3S. The number of carbonyl (C=O) groups excluding carboxylic acids is 1. The molecule has 4 rings (SSSR count). The number of anilines is 1. The number of benzene rings is 3. The Morgan fingerprint density at radius 1 is 0.968 bits per heavy atom. The van der Waals surface area contributed by atoms with Gasteiger partial charge in [-0.05, 0) is 79.1 Å². The van der Waals surface area contributed by atoms with Gasteiger partial charge < -0.3 is 5.32 Å². The molecule has 3 aromatic carbocycles. The number of hydrogen-bond donors (Lipinski definition) is 1. The first-order chi connectivity index (χ1) is 14.8. The zero-order valence-electron chi connectivity index (χ0n) is 16.7. The summed E-state index contributed by atoms with van der Waals surface area (Å²) in [6.45, 7) is 2.22. The molecule has 5 nitrogen and oxygen atoms in total. The van der Waals surface area contributed by atoms with E-state index in [1.54, 1.807) is 42.5 Å². The van der Waals surface area contributed by atoms with Crippen LogP contribution in [0.4, 0.5) is 5.69 Å². The van der Waals surface area contributed by atoms with E-state index in [2.05, 4.69) is 5.32 Å². The van der Waals surface area contributed by atoms with Crippen molar-refractivity contribution in [3.8, 4) is 0 Å². The van der Waals surface area contributed by atoms with Crippen LogP contribution in [0.2, 0.25) is 10.0 Å². The second-order valence-electron chi connectivity index (χ2n) is 7.37. The minimum atomic E-state index is -3.70. The number of halogens is 2. The molecule has 0 fully saturated rings. The highest BCUT2D eigenvalue weighted by molar-refractivity contribution is 7.92. The molecule has 0 unspecified atom stereocenters. The van der Waals surface area contributed by atoms with Crippen LogP contribution in [0.3, 0.4) is 0 Å². The Hall–Kier alpha value is -2.54. The molecule has 1 atom stereocenters. The molecule has 0 radical (unpaired) electrons. The third-order valence-corrected chi connectivity index (χ3v) is 7.65. The molecule has 0 aromatic heterocycles. The maximum absolute atomic E-state index is 13.0. The van der Waals surface area contributed by atoms with Gasteiger partial charge in [0.25, 0.3) is 15.9 Å². The summed E-state index contributed by atoms with van der Waals surface area (Å²) in [5.74, 6) is -0.218. The van der Waals surface area contributed by atoms with Crippen molar-refractivity contribution in [3.05, 3.63) is 93.5 Å². The Balaban J connectivity index is 1.53. The number of hydrogen-bond acceptors (Lipinski definition) is 3. The summed E-state index contributed by atoms with van der Waals surface area (Å²) in [7, 11) is -3.70. The summed E-state index contributed by atoms with van der Waals surface area (Å²) in [6, 6.07) is 18.3. The molecule has 0 spiro atoms. The van der Waals surface area contributed by atoms with Gasteiger partial charge in [-0.1, -0.05) is 35.3 Å². The summed E-state index contributed by atoms with van der Waals surface area (Å²) >= 11 is 11.8. The van der Waals surface area contributed by atoms with Gasteiger partial charge in [-0.25, -0.2) is 8.42 Å². The fourth-order valence-electron chi connectivity index (χ4n) is 3.61. The van der Waals surface area contributed by atoms with E-state index in [1.807, 2.05) is 19.1 Å². The molecule has 1 N–H and O–H groups in total. The number of sulfonamides is 1. The van der Waals surface area contributed by atoms with Crippen LogP contribution in [0, 0.1) is 0 Å². The van der Waals surface area contributed by atoms with E-state index in [0.717, 1.165) is 11.1 Å². The Morgan fingerprint density at radius 3 is 2.23 bits per heavy atom. The lowest BCUT2D eigenvalue weighted by Crippen LogP contribution is -2.29. The maximum Gasteiger partial charge on any atom is 0.264 e. The minimum Gasteiger partial charge on any atom is -0.346 e. The molecule has 0 aliphatic carbocycles. The molecule has 160 valence electrons. The predicted octanol–water partition coefficient (Wildman–Crippen LogP) is 5.24. The third-order valence-electron chi connectivity index (χ3n) is 5.31. The van der Waals surface area contributed by atoms with Gasteiger partial charge in [-0.2, -0.15) is 0 Å². The molecule has 1 amide bonds. The fraction of sp³-hybridized carbons (Fsp3) is 0.174. The standard InChI is InChI=1S/C23H20Cl2N2O3S/c1-15(16-2-5-19(24)6-3-16)26-23(28)18-4-11-22-17(14-18)12-13-27(22)31(29,30)21-9-7-20(25)8-10-21/h2-11,14-15H,12-13H2,1H3,(H,26,28)/t15-/m1/s1. The van der Waals surface area contributed by atoms with Crippen molar-refractivity contribution in [2.24, 2.45) is 0 Å². The van der Waals surface area contributed by atoms with Crippen molar-refractivity contribution in [3.63, 3.8) is 0 Å². The largest absolute Gasteiger partial charge is 0.346 e. The summed E-state index contributed by atoms with van der Waals surface area (Å²) < 4.78 is 27.5. The molecule has 3 aromatic rings. The number of nitrogens with one attached hydrogen (secondary N) is 1. The van der Waals surface area contributed by atoms with Crippen LogP contribution in [0.5, 0.6) is 0 Å². The number of rotatable bonds is 5. The molecule has 1 aliphatic heterocycles. The van der Waals surface area contributed by atoms with Gasteiger partial charge >= 0.3 is 0 Å². The van der Waals surface area contributed by atoms with Gasteiger partial charge in [0.15, 0.2) is 0 Å². The Morgan fingerprint density at radius 2 is 1.58 bits per heavy atom. The van der Waals surface area contributed by atoms with Crippen LogP contribution < -0.4 is 9.62 Å². The van der Waals surface area contributed by atoms with Crippen LogP contribution in [0.1, 0.15) is 34.5 Å². The molecule has 1 aliphatic rings. The number of nitrogens with zero attached hydrogens (tertiary/aromatic N) is 1. The Kier molecular flexibility index (Phi) is 5.97. The topological polar surface area (TPSA) is 66.5 Å². The van der Waals surface area contributed by atoms with Gasteiger partial charge in [-0.15, -0.1) is 0 Å². The van der Waals surface area contributed by atoms with Gasteiger partial charge in [-0.3, -0.25) is 9.10 Å². The van der Waals surface area contributed by atoms with Crippen molar-refractivity contribution in [2.45, 2.75) is 24.3 Å². The Bertz CT molecular complexity index is 1230. The van der Waals surface area contributed by atoms with E-state index in [-0.39, 0.29) is 16.8 Å². The normalized spacial score (nSPS) is 14.2. The average Bonchev–Trinajstić information content (AvgIpc) is 3.18. The van der Waals surface area contributed by atoms with E-state index in [4.69, 9.17) is 23.2 Å². The van der Waals surface area contributed by atoms with Crippen molar-refractivity contribution >= 4 is 44.8 Å². The van der Waals surface area contributed by atoms with E-state index in [0.29, 0.717) is 34.3 Å². The number of carbonyl (C=O) groups is 1. The van der Waals surface area contributed by atoms with Crippen molar-refractivity contribution < 1.29 is 13.2 Å². The lowest BCUT2D eigenvalue weighted by atomic mass is 10.1. The summed E-state index contributed by atoms with van der Waals surface area (Å²) in [4.78, 5) is 12.9. The van der Waals surface area contributed by atoms with Crippen LogP contribution >= 0.6 is 23.2 Å². The van der Waals surface area contributed by atoms with E-state index in [1.165, 1.54) is 16.4 Å². The molecule has 0 saturated heterocycles. The number of fused-ring (bicyclic) bond motifs is 1. The van der Waals surface area contributed by atoms with E-state index < -0.39 is 10.0 Å². The Labute approximate surface area is 191 Å². The zero-order valence-corrected chi connectivity index (χ0v) is 19.0. The lowest BCUT2D eigenvalue weighted by Gasteiger charge is -2.20. The zero-order chi connectivity index (χ0) is 22.2. The van der Waals surface area contributed by atoms with Crippen LogP contribution in [-0.2, 0) is 16.4 Å². The average molecular weight is 475 g/mol. The third kappa shape index (κ3) is 4.42. The van der Waals surface area contributed by atoms with Gasteiger partial charge in [0.05, 0.1) is 16.6 Å².